The van der Waals surface area contributed by atoms with Crippen molar-refractivity contribution >= 4 is 0 Å². The minimum Gasteiger partial charge on any atom is -0.516 e. The topological polar surface area (TPSA) is 75.1 Å². The molecule has 5 nitrogen and oxygen atoms in total. The van der Waals surface area contributed by atoms with E-state index in [1.165, 1.54) is 4.57 Å². The Labute approximate surface area is 92.1 Å². The molecular weight excluding hydrogens is 208 g/mol. The number of aromatic nitrogens is 2. The van der Waals surface area contributed by atoms with Crippen LogP contribution < -0.4 is 11.2 Å². The van der Waals surface area contributed by atoms with Crippen molar-refractivity contribution in [2.45, 2.75) is 26.3 Å². The SMILES string of the molecule is Cc1cn(CC2CC/C2=C/O)c(=O)[nH]c1=O. The summed E-state index contributed by atoms with van der Waals surface area (Å²) in [4.78, 5) is 24.9. The van der Waals surface area contributed by atoms with Crippen molar-refractivity contribution in [2.75, 3.05) is 0 Å². The smallest absolute Gasteiger partial charge is 0.328 e. The van der Waals surface area contributed by atoms with E-state index in [1.807, 2.05) is 0 Å². The fourth-order valence-corrected chi connectivity index (χ4v) is 1.89. The van der Waals surface area contributed by atoms with Gasteiger partial charge in [-0.2, -0.15) is 0 Å². The second-order valence-corrected chi connectivity index (χ2v) is 4.16. The number of allylic oxidation sites excluding steroid dienone is 1. The molecule has 1 atom stereocenters. The van der Waals surface area contributed by atoms with Crippen LogP contribution in [-0.4, -0.2) is 14.7 Å². The fraction of sp³-hybridized carbons (Fsp3) is 0.455. The molecule has 1 aliphatic rings. The normalized spacial score (nSPS) is 22.1. The maximum absolute atomic E-state index is 11.5. The molecule has 0 saturated heterocycles. The van der Waals surface area contributed by atoms with Gasteiger partial charge in [-0.1, -0.05) is 0 Å². The van der Waals surface area contributed by atoms with E-state index in [2.05, 4.69) is 4.98 Å². The van der Waals surface area contributed by atoms with E-state index >= 15 is 0 Å². The highest BCUT2D eigenvalue weighted by Gasteiger charge is 2.25. The number of rotatable bonds is 2. The van der Waals surface area contributed by atoms with Crippen molar-refractivity contribution in [3.63, 3.8) is 0 Å². The first-order chi connectivity index (χ1) is 7.61. The van der Waals surface area contributed by atoms with Crippen molar-refractivity contribution in [2.24, 2.45) is 5.92 Å². The monoisotopic (exact) mass is 222 g/mol. The fourth-order valence-electron chi connectivity index (χ4n) is 1.89. The van der Waals surface area contributed by atoms with E-state index in [0.29, 0.717) is 12.1 Å². The van der Waals surface area contributed by atoms with Crippen LogP contribution in [0.5, 0.6) is 0 Å². The summed E-state index contributed by atoms with van der Waals surface area (Å²) in [6.07, 6.45) is 4.54. The number of aromatic amines is 1. The standard InChI is InChI=1S/C11H14N2O3/c1-7-4-13(11(16)12-10(7)15)5-8-2-3-9(8)6-14/h4,6,8,14H,2-3,5H2,1H3,(H,12,15,16)/b9-6-. The van der Waals surface area contributed by atoms with E-state index in [4.69, 9.17) is 5.11 Å². The summed E-state index contributed by atoms with van der Waals surface area (Å²) in [5.74, 6) is 0.216. The molecule has 0 aromatic carbocycles. The number of hydrogen-bond acceptors (Lipinski definition) is 3. The molecule has 1 heterocycles. The predicted octanol–water partition coefficient (Wildman–Crippen LogP) is 0.697. The van der Waals surface area contributed by atoms with E-state index in [0.717, 1.165) is 24.7 Å². The lowest BCUT2D eigenvalue weighted by molar-refractivity contribution is 0.347. The zero-order chi connectivity index (χ0) is 11.7. The van der Waals surface area contributed by atoms with Gasteiger partial charge in [-0.25, -0.2) is 4.79 Å². The van der Waals surface area contributed by atoms with Gasteiger partial charge in [-0.05, 0) is 25.3 Å². The number of aliphatic hydroxyl groups excluding tert-OH is 1. The molecule has 1 aliphatic carbocycles. The van der Waals surface area contributed by atoms with E-state index in [9.17, 15) is 9.59 Å². The van der Waals surface area contributed by atoms with E-state index in [-0.39, 0.29) is 17.2 Å². The number of aliphatic hydroxyl groups is 1. The summed E-state index contributed by atoms with van der Waals surface area (Å²) in [7, 11) is 0. The predicted molar refractivity (Wildman–Crippen MR) is 59.5 cm³/mol. The van der Waals surface area contributed by atoms with Gasteiger partial charge in [-0.15, -0.1) is 0 Å². The first-order valence-electron chi connectivity index (χ1n) is 5.25. The number of nitrogens with one attached hydrogen (secondary N) is 1. The van der Waals surface area contributed by atoms with Gasteiger partial charge in [0.25, 0.3) is 5.56 Å². The lowest BCUT2D eigenvalue weighted by Gasteiger charge is -2.29. The summed E-state index contributed by atoms with van der Waals surface area (Å²) < 4.78 is 1.49. The zero-order valence-electron chi connectivity index (χ0n) is 9.06. The van der Waals surface area contributed by atoms with Crippen LogP contribution in [0, 0.1) is 12.8 Å². The molecule has 0 bridgehead atoms. The first kappa shape index (κ1) is 10.7. The maximum atomic E-state index is 11.5. The van der Waals surface area contributed by atoms with Crippen LogP contribution in [-0.2, 0) is 6.54 Å². The molecule has 1 saturated carbocycles. The van der Waals surface area contributed by atoms with Crippen molar-refractivity contribution in [3.05, 3.63) is 44.4 Å². The van der Waals surface area contributed by atoms with Crippen molar-refractivity contribution in [3.8, 4) is 0 Å². The van der Waals surface area contributed by atoms with Crippen LogP contribution in [0.2, 0.25) is 0 Å². The van der Waals surface area contributed by atoms with Crippen LogP contribution in [0.3, 0.4) is 0 Å². The van der Waals surface area contributed by atoms with Gasteiger partial charge in [0, 0.05) is 24.2 Å². The first-order valence-corrected chi connectivity index (χ1v) is 5.25. The molecule has 5 heteroatoms. The highest BCUT2D eigenvalue weighted by Crippen LogP contribution is 2.33. The van der Waals surface area contributed by atoms with Crippen LogP contribution in [0.15, 0.2) is 27.6 Å². The molecule has 0 amide bonds. The molecular formula is C11H14N2O3. The Morgan fingerprint density at radius 3 is 2.94 bits per heavy atom. The van der Waals surface area contributed by atoms with Crippen molar-refractivity contribution in [1.29, 1.82) is 0 Å². The molecule has 2 N–H and O–H groups in total. The van der Waals surface area contributed by atoms with Gasteiger partial charge in [0.2, 0.25) is 0 Å². The summed E-state index contributed by atoms with van der Waals surface area (Å²) in [5.41, 5.74) is 0.761. The summed E-state index contributed by atoms with van der Waals surface area (Å²) in [5, 5.41) is 8.90. The number of H-pyrrole nitrogens is 1. The lowest BCUT2D eigenvalue weighted by atomic mass is 9.80. The zero-order valence-corrected chi connectivity index (χ0v) is 9.06. The molecule has 1 unspecified atom stereocenters. The molecule has 86 valence electrons. The minimum absolute atomic E-state index is 0.216. The molecule has 0 radical (unpaired) electrons. The Morgan fingerprint density at radius 1 is 1.62 bits per heavy atom. The molecule has 16 heavy (non-hydrogen) atoms. The Kier molecular flexibility index (Phi) is 2.68. The Bertz CT molecular complexity index is 539. The molecule has 0 spiro atoms. The Hall–Kier alpha value is -1.78. The van der Waals surface area contributed by atoms with Gasteiger partial charge in [0.1, 0.15) is 0 Å². The number of hydrogen-bond donors (Lipinski definition) is 2. The molecule has 0 aliphatic heterocycles. The average molecular weight is 222 g/mol. The Balaban J connectivity index is 2.26. The summed E-state index contributed by atoms with van der Waals surface area (Å²) in [6, 6.07) is 0. The minimum atomic E-state index is -0.389. The van der Waals surface area contributed by atoms with Crippen LogP contribution in [0.1, 0.15) is 18.4 Å². The van der Waals surface area contributed by atoms with Crippen molar-refractivity contribution in [1.82, 2.24) is 9.55 Å². The highest BCUT2D eigenvalue weighted by atomic mass is 16.2. The Morgan fingerprint density at radius 2 is 2.38 bits per heavy atom. The third-order valence-corrected chi connectivity index (χ3v) is 3.08. The largest absolute Gasteiger partial charge is 0.516 e. The lowest BCUT2D eigenvalue weighted by Crippen LogP contribution is -2.34. The second kappa shape index (κ2) is 4.00. The van der Waals surface area contributed by atoms with Gasteiger partial charge in [-0.3, -0.25) is 14.3 Å². The third kappa shape index (κ3) is 1.80. The van der Waals surface area contributed by atoms with Gasteiger partial charge in [0.15, 0.2) is 0 Å². The van der Waals surface area contributed by atoms with Crippen molar-refractivity contribution < 1.29 is 5.11 Å². The second-order valence-electron chi connectivity index (χ2n) is 4.16. The van der Waals surface area contributed by atoms with Gasteiger partial charge in [0.05, 0.1) is 6.26 Å². The molecule has 1 aromatic heterocycles. The average Bonchev–Trinajstić information content (AvgIpc) is 2.20. The summed E-state index contributed by atoms with van der Waals surface area (Å²) in [6.45, 7) is 2.18. The highest BCUT2D eigenvalue weighted by molar-refractivity contribution is 5.12. The van der Waals surface area contributed by atoms with Crippen LogP contribution in [0.4, 0.5) is 0 Å². The quantitative estimate of drug-likeness (QED) is 0.723. The molecule has 1 aromatic rings. The summed E-state index contributed by atoms with van der Waals surface area (Å²) >= 11 is 0. The van der Waals surface area contributed by atoms with Crippen LogP contribution >= 0.6 is 0 Å². The van der Waals surface area contributed by atoms with Crippen LogP contribution in [0.25, 0.3) is 0 Å². The van der Waals surface area contributed by atoms with Gasteiger partial charge >= 0.3 is 5.69 Å². The van der Waals surface area contributed by atoms with E-state index < -0.39 is 0 Å². The van der Waals surface area contributed by atoms with E-state index in [1.54, 1.807) is 13.1 Å². The van der Waals surface area contributed by atoms with Gasteiger partial charge < -0.3 is 5.11 Å². The number of nitrogens with zero attached hydrogens (tertiary/aromatic N) is 1. The third-order valence-electron chi connectivity index (χ3n) is 3.08. The maximum Gasteiger partial charge on any atom is 0.328 e. The molecule has 2 rings (SSSR count). The molecule has 1 fully saturated rings. The number of aryl methyl sites for hydroxylation is 1.